The Morgan fingerprint density at radius 2 is 1.83 bits per heavy atom. The number of hydrogen-bond donors (Lipinski definition) is 0. The zero-order valence-corrected chi connectivity index (χ0v) is 28.9. The Morgan fingerprint density at radius 3 is 2.60 bits per heavy atom. The van der Waals surface area contributed by atoms with E-state index in [-0.39, 0.29) is 23.6 Å². The van der Waals surface area contributed by atoms with Crippen LogP contribution in [0.15, 0.2) is 48.6 Å². The minimum Gasteiger partial charge on any atom is -0.461 e. The summed E-state index contributed by atoms with van der Waals surface area (Å²) in [5, 5.41) is 2.91. The van der Waals surface area contributed by atoms with Crippen molar-refractivity contribution in [3.63, 3.8) is 0 Å². The Labute approximate surface area is 287 Å². The first-order valence-corrected chi connectivity index (χ1v) is 17.7. The van der Waals surface area contributed by atoms with Crippen LogP contribution >= 0.6 is 11.6 Å². The maximum Gasteiger partial charge on any atom is 0.331 e. The SMILES string of the molecule is CC(C)OC(=O)/C=C/C(=O)N1CC[C@@H](N(C)c2nc(OCC34CCCN3CCC4)nc3c2CCN(c2cccc4cccc(Cl)c24)C3)C1. The van der Waals surface area contributed by atoms with Crippen LogP contribution in [0.1, 0.15) is 57.2 Å². The Morgan fingerprint density at radius 1 is 1.06 bits per heavy atom. The van der Waals surface area contributed by atoms with Crippen molar-refractivity contribution in [2.75, 3.05) is 56.2 Å². The summed E-state index contributed by atoms with van der Waals surface area (Å²) in [5.74, 6) is 0.166. The van der Waals surface area contributed by atoms with Crippen LogP contribution in [-0.4, -0.2) is 95.7 Å². The molecule has 4 aliphatic heterocycles. The van der Waals surface area contributed by atoms with Crippen LogP contribution in [0.4, 0.5) is 11.5 Å². The van der Waals surface area contributed by atoms with E-state index in [1.54, 1.807) is 18.7 Å². The van der Waals surface area contributed by atoms with Gasteiger partial charge in [0.05, 0.1) is 28.9 Å². The number of hydrogen-bond acceptors (Lipinski definition) is 9. The monoisotopic (exact) mass is 672 g/mol. The predicted molar refractivity (Wildman–Crippen MR) is 188 cm³/mol. The van der Waals surface area contributed by atoms with Crippen molar-refractivity contribution < 1.29 is 19.1 Å². The van der Waals surface area contributed by atoms with Crippen molar-refractivity contribution in [2.24, 2.45) is 0 Å². The molecule has 0 unspecified atom stereocenters. The van der Waals surface area contributed by atoms with Crippen molar-refractivity contribution >= 4 is 45.8 Å². The number of amides is 1. The minimum atomic E-state index is -0.510. The molecule has 1 atom stereocenters. The van der Waals surface area contributed by atoms with Gasteiger partial charge >= 0.3 is 12.0 Å². The lowest BCUT2D eigenvalue weighted by Crippen LogP contribution is -2.44. The number of aromatic nitrogens is 2. The van der Waals surface area contributed by atoms with E-state index < -0.39 is 5.97 Å². The first-order chi connectivity index (χ1) is 23.2. The summed E-state index contributed by atoms with van der Waals surface area (Å²) in [5.41, 5.74) is 3.26. The van der Waals surface area contributed by atoms with Crippen LogP contribution in [-0.2, 0) is 27.3 Å². The molecule has 1 aromatic heterocycles. The molecule has 48 heavy (non-hydrogen) atoms. The number of benzene rings is 2. The van der Waals surface area contributed by atoms with Crippen LogP contribution in [0.2, 0.25) is 5.02 Å². The Kier molecular flexibility index (Phi) is 9.22. The first-order valence-electron chi connectivity index (χ1n) is 17.3. The van der Waals surface area contributed by atoms with E-state index in [1.165, 1.54) is 25.0 Å². The molecule has 11 heteroatoms. The van der Waals surface area contributed by atoms with Crippen LogP contribution < -0.4 is 14.5 Å². The van der Waals surface area contributed by atoms with Crippen LogP contribution in [0.25, 0.3) is 10.8 Å². The molecule has 5 heterocycles. The largest absolute Gasteiger partial charge is 0.461 e. The zero-order valence-electron chi connectivity index (χ0n) is 28.2. The number of fused-ring (bicyclic) bond motifs is 3. The third-order valence-corrected chi connectivity index (χ3v) is 10.9. The summed E-state index contributed by atoms with van der Waals surface area (Å²) in [6, 6.07) is 12.8. The molecular formula is C37H45ClN6O4. The fraction of sp³-hybridized carbons (Fsp3) is 0.514. The molecule has 0 saturated carbocycles. The fourth-order valence-corrected chi connectivity index (χ4v) is 8.38. The molecule has 10 nitrogen and oxygen atoms in total. The average Bonchev–Trinajstić information content (AvgIpc) is 3.82. The molecular weight excluding hydrogens is 628 g/mol. The molecule has 4 aliphatic rings. The van der Waals surface area contributed by atoms with Gasteiger partial charge in [-0.05, 0) is 83.0 Å². The maximum atomic E-state index is 13.0. The van der Waals surface area contributed by atoms with Gasteiger partial charge in [-0.25, -0.2) is 4.79 Å². The smallest absolute Gasteiger partial charge is 0.331 e. The second-order valence-corrected chi connectivity index (χ2v) is 14.3. The van der Waals surface area contributed by atoms with Crippen molar-refractivity contribution in [1.82, 2.24) is 19.8 Å². The molecule has 3 saturated heterocycles. The topological polar surface area (TPSA) is 91.3 Å². The van der Waals surface area contributed by atoms with Gasteiger partial charge in [-0.3, -0.25) is 9.69 Å². The van der Waals surface area contributed by atoms with E-state index in [4.69, 9.17) is 31.0 Å². The molecule has 0 radical (unpaired) electrons. The number of likely N-dealkylation sites (N-methyl/N-ethyl adjacent to an activating group) is 1. The number of carbonyl (C=O) groups is 2. The van der Waals surface area contributed by atoms with Crippen molar-refractivity contribution in [2.45, 2.75) is 76.6 Å². The second-order valence-electron chi connectivity index (χ2n) is 13.9. The van der Waals surface area contributed by atoms with Gasteiger partial charge in [-0.15, -0.1) is 0 Å². The summed E-state index contributed by atoms with van der Waals surface area (Å²) >= 11 is 6.74. The van der Waals surface area contributed by atoms with Gasteiger partial charge in [0, 0.05) is 61.5 Å². The Bertz CT molecular complexity index is 1710. The highest BCUT2D eigenvalue weighted by Gasteiger charge is 2.45. The standard InChI is InChI=1S/C37H45ClN6O4/c1-25(2)48-33(46)13-12-32(45)43-20-14-27(22-43)41(3)35-28-15-21-42(31-11-5-9-26-8-4-10-29(38)34(26)31)23-30(28)39-36(40-35)47-24-37-16-6-18-44(37)19-7-17-37/h4-5,8-13,25,27H,6-7,14-24H2,1-3H3/b13-12+/t27-/m1/s1. The number of nitrogens with zero attached hydrogens (tertiary/aromatic N) is 6. The van der Waals surface area contributed by atoms with Gasteiger partial charge in [-0.2, -0.15) is 9.97 Å². The lowest BCUT2D eigenvalue weighted by atomic mass is 9.95. The number of anilines is 2. The van der Waals surface area contributed by atoms with Crippen molar-refractivity contribution in [3.05, 3.63) is 64.8 Å². The van der Waals surface area contributed by atoms with Crippen molar-refractivity contribution in [3.8, 4) is 6.01 Å². The summed E-state index contributed by atoms with van der Waals surface area (Å²) in [6.45, 7) is 8.97. The number of rotatable bonds is 9. The van der Waals surface area contributed by atoms with Gasteiger partial charge in [0.1, 0.15) is 12.4 Å². The number of ether oxygens (including phenoxy) is 2. The number of halogens is 1. The van der Waals surface area contributed by atoms with E-state index in [2.05, 4.69) is 46.0 Å². The first kappa shape index (κ1) is 32.6. The summed E-state index contributed by atoms with van der Waals surface area (Å²) in [7, 11) is 2.06. The van der Waals surface area contributed by atoms with E-state index in [9.17, 15) is 9.59 Å². The lowest BCUT2D eigenvalue weighted by Gasteiger charge is -2.35. The number of esters is 1. The lowest BCUT2D eigenvalue weighted by molar-refractivity contribution is -0.141. The maximum absolute atomic E-state index is 13.0. The molecule has 3 fully saturated rings. The predicted octanol–water partition coefficient (Wildman–Crippen LogP) is 5.40. The summed E-state index contributed by atoms with van der Waals surface area (Å²) < 4.78 is 11.7. The molecule has 3 aromatic rings. The van der Waals surface area contributed by atoms with Crippen LogP contribution in [0, 0.1) is 0 Å². The average molecular weight is 673 g/mol. The van der Waals surface area contributed by atoms with E-state index in [0.29, 0.717) is 32.3 Å². The molecule has 0 aliphatic carbocycles. The van der Waals surface area contributed by atoms with E-state index >= 15 is 0 Å². The molecule has 7 rings (SSSR count). The van der Waals surface area contributed by atoms with Gasteiger partial charge in [-0.1, -0.05) is 35.9 Å². The highest BCUT2D eigenvalue weighted by Crippen LogP contribution is 2.40. The third kappa shape index (κ3) is 6.44. The van der Waals surface area contributed by atoms with E-state index in [0.717, 1.165) is 83.9 Å². The van der Waals surface area contributed by atoms with Crippen molar-refractivity contribution in [1.29, 1.82) is 0 Å². The molecule has 1 amide bonds. The number of likely N-dealkylation sites (tertiary alicyclic amines) is 1. The summed E-state index contributed by atoms with van der Waals surface area (Å²) in [4.78, 5) is 44.0. The highest BCUT2D eigenvalue weighted by molar-refractivity contribution is 6.36. The van der Waals surface area contributed by atoms with Gasteiger partial charge in [0.15, 0.2) is 0 Å². The molecule has 2 aromatic carbocycles. The minimum absolute atomic E-state index is 0.0606. The number of carbonyl (C=O) groups excluding carboxylic acids is 2. The molecule has 0 bridgehead atoms. The fourth-order valence-electron chi connectivity index (χ4n) is 8.10. The Balaban J connectivity index is 1.15. The second kappa shape index (κ2) is 13.6. The van der Waals surface area contributed by atoms with Crippen LogP contribution in [0.5, 0.6) is 6.01 Å². The molecule has 0 spiro atoms. The molecule has 254 valence electrons. The Hall–Kier alpha value is -3.89. The third-order valence-electron chi connectivity index (χ3n) is 10.5. The normalized spacial score (nSPS) is 20.5. The van der Waals surface area contributed by atoms with Gasteiger partial charge in [0.25, 0.3) is 0 Å². The summed E-state index contributed by atoms with van der Waals surface area (Å²) in [6.07, 6.45) is 8.56. The van der Waals surface area contributed by atoms with Crippen LogP contribution in [0.3, 0.4) is 0 Å². The zero-order chi connectivity index (χ0) is 33.4. The van der Waals surface area contributed by atoms with E-state index in [1.807, 2.05) is 12.1 Å². The quantitative estimate of drug-likeness (QED) is 0.219. The highest BCUT2D eigenvalue weighted by atomic mass is 35.5. The van der Waals surface area contributed by atoms with Gasteiger partial charge < -0.3 is 24.2 Å². The molecule has 0 N–H and O–H groups in total. The van der Waals surface area contributed by atoms with Gasteiger partial charge in [0.2, 0.25) is 5.91 Å².